The van der Waals surface area contributed by atoms with Crippen LogP contribution in [0.15, 0.2) is 63.9 Å². The van der Waals surface area contributed by atoms with E-state index in [1.54, 1.807) is 4.68 Å². The maximum absolute atomic E-state index is 12.3. The lowest BCUT2D eigenvalue weighted by Gasteiger charge is -2.09. The van der Waals surface area contributed by atoms with Gasteiger partial charge in [0, 0.05) is 7.05 Å². The molecule has 21 heavy (non-hydrogen) atoms. The molecule has 0 atom stereocenters. The van der Waals surface area contributed by atoms with E-state index in [4.69, 9.17) is 0 Å². The first-order chi connectivity index (χ1) is 10.1. The zero-order valence-electron chi connectivity index (χ0n) is 11.9. The molecule has 0 N–H and O–H groups in total. The maximum Gasteiger partial charge on any atom is 0.285 e. The van der Waals surface area contributed by atoms with Crippen molar-refractivity contribution >= 4 is 15.9 Å². The van der Waals surface area contributed by atoms with Crippen molar-refractivity contribution in [2.24, 2.45) is 7.05 Å². The summed E-state index contributed by atoms with van der Waals surface area (Å²) in [6.07, 6.45) is 0. The molecule has 0 aliphatic rings. The monoisotopic (exact) mass is 342 g/mol. The smallest absolute Gasteiger partial charge is 0.284 e. The van der Waals surface area contributed by atoms with Crippen LogP contribution in [0.1, 0.15) is 5.69 Å². The molecule has 2 aromatic carbocycles. The molecule has 3 aromatic rings. The van der Waals surface area contributed by atoms with Crippen molar-refractivity contribution in [3.63, 3.8) is 0 Å². The van der Waals surface area contributed by atoms with Gasteiger partial charge in [-0.3, -0.25) is 9.48 Å². The molecule has 0 radical (unpaired) electrons. The van der Waals surface area contributed by atoms with Crippen LogP contribution >= 0.6 is 15.9 Å². The highest BCUT2D eigenvalue weighted by atomic mass is 79.9. The fourth-order valence-corrected chi connectivity index (χ4v) is 2.82. The van der Waals surface area contributed by atoms with Crippen LogP contribution in [0.4, 0.5) is 0 Å². The van der Waals surface area contributed by atoms with Crippen LogP contribution in [0.3, 0.4) is 0 Å². The van der Waals surface area contributed by atoms with Gasteiger partial charge in [-0.1, -0.05) is 42.5 Å². The molecule has 0 aliphatic heterocycles. The number of hydrogen-bond donors (Lipinski definition) is 0. The van der Waals surface area contributed by atoms with Crippen LogP contribution in [0, 0.1) is 6.92 Å². The van der Waals surface area contributed by atoms with E-state index in [-0.39, 0.29) is 5.56 Å². The minimum atomic E-state index is -0.0394. The Morgan fingerprint density at radius 2 is 1.48 bits per heavy atom. The Balaban J connectivity index is 2.07. The molecule has 0 bridgehead atoms. The lowest BCUT2D eigenvalue weighted by atomic mass is 10.1. The summed E-state index contributed by atoms with van der Waals surface area (Å²) in [5.74, 6) is 0. The summed E-state index contributed by atoms with van der Waals surface area (Å²) in [5, 5.41) is 0. The summed E-state index contributed by atoms with van der Waals surface area (Å²) in [6.45, 7) is 1.92. The minimum Gasteiger partial charge on any atom is -0.284 e. The topological polar surface area (TPSA) is 26.9 Å². The van der Waals surface area contributed by atoms with Crippen molar-refractivity contribution in [1.29, 1.82) is 0 Å². The number of nitrogens with zero attached hydrogens (tertiary/aromatic N) is 2. The van der Waals surface area contributed by atoms with Crippen molar-refractivity contribution < 1.29 is 0 Å². The number of benzene rings is 2. The molecule has 1 heterocycles. The third-order valence-corrected chi connectivity index (χ3v) is 4.62. The van der Waals surface area contributed by atoms with Gasteiger partial charge in [-0.05, 0) is 46.1 Å². The van der Waals surface area contributed by atoms with Gasteiger partial charge in [-0.25, -0.2) is 4.68 Å². The predicted octanol–water partition coefficient (Wildman–Crippen LogP) is 3.91. The molecule has 0 amide bonds. The average Bonchev–Trinajstić information content (AvgIpc) is 2.72. The zero-order valence-corrected chi connectivity index (χ0v) is 13.5. The highest BCUT2D eigenvalue weighted by Crippen LogP contribution is 2.21. The van der Waals surface area contributed by atoms with Crippen molar-refractivity contribution in [1.82, 2.24) is 9.36 Å². The molecule has 0 saturated carbocycles. The van der Waals surface area contributed by atoms with Crippen LogP contribution in [0.2, 0.25) is 0 Å². The molecule has 0 aliphatic carbocycles. The second-order valence-corrected chi connectivity index (χ2v) is 5.75. The Morgan fingerprint density at radius 3 is 2.00 bits per heavy atom. The van der Waals surface area contributed by atoms with E-state index in [1.165, 1.54) is 5.56 Å². The van der Waals surface area contributed by atoms with Crippen LogP contribution in [-0.2, 0) is 7.05 Å². The largest absolute Gasteiger partial charge is 0.285 e. The van der Waals surface area contributed by atoms with Crippen molar-refractivity contribution in [3.05, 3.63) is 75.1 Å². The Bertz CT molecular complexity index is 830. The van der Waals surface area contributed by atoms with Gasteiger partial charge >= 0.3 is 0 Å². The van der Waals surface area contributed by atoms with Crippen LogP contribution in [-0.4, -0.2) is 9.36 Å². The molecule has 0 saturated heterocycles. The van der Waals surface area contributed by atoms with Gasteiger partial charge < -0.3 is 0 Å². The van der Waals surface area contributed by atoms with Gasteiger partial charge in [0.2, 0.25) is 0 Å². The van der Waals surface area contributed by atoms with Gasteiger partial charge in [0.15, 0.2) is 0 Å². The Morgan fingerprint density at radius 1 is 0.905 bits per heavy atom. The number of halogens is 1. The lowest BCUT2D eigenvalue weighted by Crippen LogP contribution is -2.19. The van der Waals surface area contributed by atoms with Gasteiger partial charge in [0.05, 0.1) is 11.4 Å². The summed E-state index contributed by atoms with van der Waals surface area (Å²) in [7, 11) is 1.88. The van der Waals surface area contributed by atoms with Gasteiger partial charge in [-0.2, -0.15) is 0 Å². The first-order valence-corrected chi connectivity index (χ1v) is 7.49. The number of aromatic nitrogens is 2. The standard InChI is InChI=1S/C17H15BrN2O/c1-12-16(18)17(21)20(19(12)2)15-10-8-14(9-11-15)13-6-4-3-5-7-13/h3-11H,1-2H3. The molecule has 3 nitrogen and oxygen atoms in total. The molecule has 4 heteroatoms. The lowest BCUT2D eigenvalue weighted by molar-refractivity contribution is 0.630. The second kappa shape index (κ2) is 5.37. The molecular weight excluding hydrogens is 328 g/mol. The van der Waals surface area contributed by atoms with Gasteiger partial charge in [0.1, 0.15) is 4.47 Å². The van der Waals surface area contributed by atoms with Crippen LogP contribution in [0.5, 0.6) is 0 Å². The fourth-order valence-electron chi connectivity index (χ4n) is 2.39. The second-order valence-electron chi connectivity index (χ2n) is 4.95. The minimum absolute atomic E-state index is 0.0394. The van der Waals surface area contributed by atoms with Gasteiger partial charge in [0.25, 0.3) is 5.56 Å². The summed E-state index contributed by atoms with van der Waals surface area (Å²) < 4.78 is 4.12. The third-order valence-electron chi connectivity index (χ3n) is 3.70. The first-order valence-electron chi connectivity index (χ1n) is 6.69. The van der Waals surface area contributed by atoms with E-state index in [0.29, 0.717) is 4.47 Å². The Hall–Kier alpha value is -2.07. The number of rotatable bonds is 2. The molecule has 0 fully saturated rings. The molecule has 3 rings (SSSR count). The van der Waals surface area contributed by atoms with Gasteiger partial charge in [-0.15, -0.1) is 0 Å². The zero-order chi connectivity index (χ0) is 15.0. The highest BCUT2D eigenvalue weighted by molar-refractivity contribution is 9.10. The highest BCUT2D eigenvalue weighted by Gasteiger charge is 2.13. The van der Waals surface area contributed by atoms with Crippen molar-refractivity contribution in [3.8, 4) is 16.8 Å². The van der Waals surface area contributed by atoms with E-state index in [0.717, 1.165) is 16.9 Å². The van der Waals surface area contributed by atoms with E-state index in [1.807, 2.05) is 61.1 Å². The van der Waals surface area contributed by atoms with E-state index < -0.39 is 0 Å². The van der Waals surface area contributed by atoms with E-state index in [2.05, 4.69) is 28.1 Å². The predicted molar refractivity (Wildman–Crippen MR) is 88.9 cm³/mol. The first kappa shape index (κ1) is 13.9. The SMILES string of the molecule is Cc1c(Br)c(=O)n(-c2ccc(-c3ccccc3)cc2)n1C. The molecule has 106 valence electrons. The molecule has 0 unspecified atom stereocenters. The quantitative estimate of drug-likeness (QED) is 0.693. The van der Waals surface area contributed by atoms with E-state index >= 15 is 0 Å². The normalized spacial score (nSPS) is 10.8. The summed E-state index contributed by atoms with van der Waals surface area (Å²) >= 11 is 3.35. The third kappa shape index (κ3) is 2.36. The van der Waals surface area contributed by atoms with Crippen LogP contribution < -0.4 is 5.56 Å². The molecule has 0 spiro atoms. The Kier molecular flexibility index (Phi) is 3.55. The van der Waals surface area contributed by atoms with Crippen molar-refractivity contribution in [2.45, 2.75) is 6.92 Å². The molecule has 1 aromatic heterocycles. The number of hydrogen-bond acceptors (Lipinski definition) is 1. The van der Waals surface area contributed by atoms with Crippen LogP contribution in [0.25, 0.3) is 16.8 Å². The Labute approximate surface area is 131 Å². The summed E-state index contributed by atoms with van der Waals surface area (Å²) in [6, 6.07) is 18.2. The average molecular weight is 343 g/mol. The van der Waals surface area contributed by atoms with E-state index in [9.17, 15) is 4.79 Å². The fraction of sp³-hybridized carbons (Fsp3) is 0.118. The summed E-state index contributed by atoms with van der Waals surface area (Å²) in [5.41, 5.74) is 4.03. The maximum atomic E-state index is 12.3. The summed E-state index contributed by atoms with van der Waals surface area (Å²) in [4.78, 5) is 12.3. The van der Waals surface area contributed by atoms with Crippen molar-refractivity contribution in [2.75, 3.05) is 0 Å². The molecular formula is C17H15BrN2O.